The van der Waals surface area contributed by atoms with Gasteiger partial charge in [-0.25, -0.2) is 0 Å². The maximum absolute atomic E-state index is 8.39. The Labute approximate surface area is 98.0 Å². The molecule has 1 atom stereocenters. The van der Waals surface area contributed by atoms with Gasteiger partial charge in [-0.05, 0) is 26.3 Å². The van der Waals surface area contributed by atoms with E-state index in [4.69, 9.17) is 15.7 Å². The third kappa shape index (κ3) is 9.73. The van der Waals surface area contributed by atoms with Crippen LogP contribution in [0.3, 0.4) is 0 Å². The van der Waals surface area contributed by atoms with Gasteiger partial charge in [-0.3, -0.25) is 0 Å². The van der Waals surface area contributed by atoms with Crippen LogP contribution >= 0.6 is 0 Å². The molecule has 0 rings (SSSR count). The molecular formula is C11H25N3O2. The Balaban J connectivity index is 3.24. The predicted octanol–water partition coefficient (Wildman–Crippen LogP) is 1.31. The summed E-state index contributed by atoms with van der Waals surface area (Å²) < 4.78 is 5.43. The van der Waals surface area contributed by atoms with Gasteiger partial charge in [0.25, 0.3) is 0 Å². The molecule has 96 valence electrons. The molecule has 0 amide bonds. The molecule has 0 aliphatic rings. The van der Waals surface area contributed by atoms with Crippen molar-refractivity contribution in [2.45, 2.75) is 45.6 Å². The molecule has 0 saturated heterocycles. The molecule has 0 spiro atoms. The molecule has 0 bridgehead atoms. The molecule has 0 aromatic rings. The summed E-state index contributed by atoms with van der Waals surface area (Å²) in [5, 5.41) is 14.6. The lowest BCUT2D eigenvalue weighted by Crippen LogP contribution is -2.32. The lowest BCUT2D eigenvalue weighted by Gasteiger charge is -2.12. The number of oxime groups is 1. The molecule has 0 radical (unpaired) electrons. The van der Waals surface area contributed by atoms with Gasteiger partial charge in [-0.15, -0.1) is 0 Å². The zero-order valence-corrected chi connectivity index (χ0v) is 10.4. The van der Waals surface area contributed by atoms with Gasteiger partial charge >= 0.3 is 0 Å². The third-order valence-electron chi connectivity index (χ3n) is 2.24. The largest absolute Gasteiger partial charge is 0.409 e. The average Bonchev–Trinajstić information content (AvgIpc) is 2.27. The van der Waals surface area contributed by atoms with Crippen LogP contribution in [0.5, 0.6) is 0 Å². The molecular weight excluding hydrogens is 206 g/mol. The van der Waals surface area contributed by atoms with Crippen LogP contribution < -0.4 is 11.1 Å². The minimum absolute atomic E-state index is 0.228. The van der Waals surface area contributed by atoms with Gasteiger partial charge in [0, 0.05) is 25.7 Å². The zero-order chi connectivity index (χ0) is 12.2. The summed E-state index contributed by atoms with van der Waals surface area (Å²) in [5.41, 5.74) is 5.39. The number of hydrogen-bond acceptors (Lipinski definition) is 4. The van der Waals surface area contributed by atoms with E-state index in [2.05, 4.69) is 17.4 Å². The SMILES string of the molecule is CCCCOCCCNC(C)CC(N)=NO. The normalized spacial score (nSPS) is 14.0. The Bertz CT molecular complexity index is 186. The van der Waals surface area contributed by atoms with E-state index in [-0.39, 0.29) is 11.9 Å². The standard InChI is InChI=1S/C11H25N3O2/c1-3-4-7-16-8-5-6-13-10(2)9-11(12)14-15/h10,13,15H,3-9H2,1-2H3,(H2,12,14). The van der Waals surface area contributed by atoms with E-state index in [0.717, 1.165) is 32.6 Å². The van der Waals surface area contributed by atoms with Crippen LogP contribution in [0, 0.1) is 0 Å². The minimum atomic E-state index is 0.228. The number of rotatable bonds is 10. The Morgan fingerprint density at radius 3 is 2.75 bits per heavy atom. The summed E-state index contributed by atoms with van der Waals surface area (Å²) in [6.45, 7) is 6.71. The average molecular weight is 231 g/mol. The monoisotopic (exact) mass is 231 g/mol. The highest BCUT2D eigenvalue weighted by Crippen LogP contribution is 1.92. The van der Waals surface area contributed by atoms with Gasteiger partial charge in [0.05, 0.1) is 0 Å². The molecule has 5 heteroatoms. The molecule has 0 saturated carbocycles. The summed E-state index contributed by atoms with van der Waals surface area (Å²) in [7, 11) is 0. The highest BCUT2D eigenvalue weighted by atomic mass is 16.5. The smallest absolute Gasteiger partial charge is 0.140 e. The number of nitrogens with zero attached hydrogens (tertiary/aromatic N) is 1. The van der Waals surface area contributed by atoms with Gasteiger partial charge in [0.15, 0.2) is 0 Å². The van der Waals surface area contributed by atoms with E-state index < -0.39 is 0 Å². The Morgan fingerprint density at radius 1 is 1.44 bits per heavy atom. The summed E-state index contributed by atoms with van der Waals surface area (Å²) in [4.78, 5) is 0. The van der Waals surface area contributed by atoms with Crippen molar-refractivity contribution in [2.24, 2.45) is 10.9 Å². The number of nitrogens with two attached hydrogens (primary N) is 1. The van der Waals surface area contributed by atoms with Crippen molar-refractivity contribution in [2.75, 3.05) is 19.8 Å². The number of hydrogen-bond donors (Lipinski definition) is 3. The second-order valence-corrected chi connectivity index (χ2v) is 3.97. The van der Waals surface area contributed by atoms with Crippen molar-refractivity contribution in [3.8, 4) is 0 Å². The highest BCUT2D eigenvalue weighted by molar-refractivity contribution is 5.80. The molecule has 0 heterocycles. The lowest BCUT2D eigenvalue weighted by atomic mass is 10.2. The maximum atomic E-state index is 8.39. The fourth-order valence-electron chi connectivity index (χ4n) is 1.30. The molecule has 0 aliphatic carbocycles. The number of amidine groups is 1. The molecule has 0 aromatic heterocycles. The zero-order valence-electron chi connectivity index (χ0n) is 10.4. The molecule has 5 nitrogen and oxygen atoms in total. The van der Waals surface area contributed by atoms with E-state index in [0.29, 0.717) is 6.42 Å². The van der Waals surface area contributed by atoms with Gasteiger partial charge in [-0.2, -0.15) is 0 Å². The lowest BCUT2D eigenvalue weighted by molar-refractivity contribution is 0.128. The van der Waals surface area contributed by atoms with Gasteiger partial charge < -0.3 is 21.0 Å². The molecule has 4 N–H and O–H groups in total. The van der Waals surface area contributed by atoms with E-state index in [9.17, 15) is 0 Å². The highest BCUT2D eigenvalue weighted by Gasteiger charge is 2.03. The molecule has 0 aliphatic heterocycles. The van der Waals surface area contributed by atoms with Crippen LogP contribution in [-0.2, 0) is 4.74 Å². The molecule has 1 unspecified atom stereocenters. The second-order valence-electron chi connectivity index (χ2n) is 3.97. The van der Waals surface area contributed by atoms with Crippen molar-refractivity contribution in [3.05, 3.63) is 0 Å². The van der Waals surface area contributed by atoms with Gasteiger partial charge in [-0.1, -0.05) is 18.5 Å². The first-order chi connectivity index (χ1) is 7.70. The van der Waals surface area contributed by atoms with E-state index in [1.54, 1.807) is 0 Å². The quantitative estimate of drug-likeness (QED) is 0.174. The van der Waals surface area contributed by atoms with Crippen molar-refractivity contribution in [1.82, 2.24) is 5.32 Å². The third-order valence-corrected chi connectivity index (χ3v) is 2.24. The first kappa shape index (κ1) is 15.2. The van der Waals surface area contributed by atoms with E-state index in [1.165, 1.54) is 6.42 Å². The molecule has 0 fully saturated rings. The summed E-state index contributed by atoms with van der Waals surface area (Å²) in [5.74, 6) is 0.263. The molecule has 0 aromatic carbocycles. The van der Waals surface area contributed by atoms with E-state index >= 15 is 0 Å². The van der Waals surface area contributed by atoms with Crippen LogP contribution in [0.2, 0.25) is 0 Å². The fourth-order valence-corrected chi connectivity index (χ4v) is 1.30. The van der Waals surface area contributed by atoms with Crippen LogP contribution in [0.4, 0.5) is 0 Å². The van der Waals surface area contributed by atoms with Crippen molar-refractivity contribution in [3.63, 3.8) is 0 Å². The number of unbranched alkanes of at least 4 members (excludes halogenated alkanes) is 1. The maximum Gasteiger partial charge on any atom is 0.140 e. The topological polar surface area (TPSA) is 79.9 Å². The second kappa shape index (κ2) is 10.7. The van der Waals surface area contributed by atoms with Crippen LogP contribution in [0.1, 0.15) is 39.5 Å². The summed E-state index contributed by atoms with van der Waals surface area (Å²) in [6.07, 6.45) is 3.86. The predicted molar refractivity (Wildman–Crippen MR) is 65.8 cm³/mol. The first-order valence-corrected chi connectivity index (χ1v) is 5.98. The van der Waals surface area contributed by atoms with Crippen molar-refractivity contribution in [1.29, 1.82) is 0 Å². The summed E-state index contributed by atoms with van der Waals surface area (Å²) in [6, 6.07) is 0.228. The van der Waals surface area contributed by atoms with Crippen molar-refractivity contribution >= 4 is 5.84 Å². The Kier molecular flexibility index (Phi) is 10.2. The minimum Gasteiger partial charge on any atom is -0.409 e. The van der Waals surface area contributed by atoms with Crippen molar-refractivity contribution < 1.29 is 9.94 Å². The van der Waals surface area contributed by atoms with E-state index in [1.807, 2.05) is 6.92 Å². The Hall–Kier alpha value is -0.810. The van der Waals surface area contributed by atoms with Crippen LogP contribution in [0.25, 0.3) is 0 Å². The number of ether oxygens (including phenoxy) is 1. The van der Waals surface area contributed by atoms with Gasteiger partial charge in [0.2, 0.25) is 0 Å². The van der Waals surface area contributed by atoms with Crippen LogP contribution in [0.15, 0.2) is 5.16 Å². The fraction of sp³-hybridized carbons (Fsp3) is 0.909. The van der Waals surface area contributed by atoms with Crippen LogP contribution in [-0.4, -0.2) is 36.8 Å². The Morgan fingerprint density at radius 2 is 2.12 bits per heavy atom. The number of nitrogens with one attached hydrogen (secondary N) is 1. The van der Waals surface area contributed by atoms with Gasteiger partial charge in [0.1, 0.15) is 5.84 Å². The first-order valence-electron chi connectivity index (χ1n) is 5.98. The molecule has 16 heavy (non-hydrogen) atoms. The summed E-state index contributed by atoms with van der Waals surface area (Å²) >= 11 is 0.